The Morgan fingerprint density at radius 3 is 2.34 bits per heavy atom. The lowest BCUT2D eigenvalue weighted by atomic mass is 9.95. The molecule has 1 atom stereocenters. The maximum Gasteiger partial charge on any atom is 0.253 e. The summed E-state index contributed by atoms with van der Waals surface area (Å²) in [4.78, 5) is 15.3. The SMILES string of the molecule is CC1CCN(C(CNC(=O)c2ccccc2NS(C)(=O)=O)c2ccccc2)CC1. The third kappa shape index (κ3) is 6.05. The zero-order valence-electron chi connectivity index (χ0n) is 17.0. The highest BCUT2D eigenvalue weighted by Crippen LogP contribution is 2.26. The number of amides is 1. The van der Waals surface area contributed by atoms with Gasteiger partial charge in [-0.05, 0) is 49.5 Å². The minimum atomic E-state index is -3.47. The summed E-state index contributed by atoms with van der Waals surface area (Å²) in [5.41, 5.74) is 1.78. The van der Waals surface area contributed by atoms with Crippen LogP contribution in [0.5, 0.6) is 0 Å². The van der Waals surface area contributed by atoms with E-state index in [1.807, 2.05) is 18.2 Å². The van der Waals surface area contributed by atoms with Crippen molar-refractivity contribution in [2.24, 2.45) is 5.92 Å². The fourth-order valence-corrected chi connectivity index (χ4v) is 4.31. The van der Waals surface area contributed by atoms with Gasteiger partial charge >= 0.3 is 0 Å². The van der Waals surface area contributed by atoms with Crippen LogP contribution in [0, 0.1) is 5.92 Å². The first-order chi connectivity index (χ1) is 13.8. The summed E-state index contributed by atoms with van der Waals surface area (Å²) in [5.74, 6) is 0.439. The van der Waals surface area contributed by atoms with E-state index >= 15 is 0 Å². The number of rotatable bonds is 7. The Labute approximate surface area is 173 Å². The number of hydrogen-bond acceptors (Lipinski definition) is 4. The van der Waals surface area contributed by atoms with Gasteiger partial charge in [-0.1, -0.05) is 49.4 Å². The fourth-order valence-electron chi connectivity index (χ4n) is 3.73. The monoisotopic (exact) mass is 415 g/mol. The van der Waals surface area contributed by atoms with Crippen molar-refractivity contribution in [1.82, 2.24) is 10.2 Å². The number of carbonyl (C=O) groups is 1. The smallest absolute Gasteiger partial charge is 0.253 e. The first-order valence-corrected chi connectivity index (χ1v) is 11.9. The molecular weight excluding hydrogens is 386 g/mol. The van der Waals surface area contributed by atoms with Crippen LogP contribution in [0.1, 0.15) is 41.7 Å². The molecule has 0 aromatic heterocycles. The lowest BCUT2D eigenvalue weighted by Gasteiger charge is -2.37. The number of carbonyl (C=O) groups excluding carboxylic acids is 1. The van der Waals surface area contributed by atoms with Gasteiger partial charge in [0.05, 0.1) is 23.5 Å². The van der Waals surface area contributed by atoms with Crippen LogP contribution in [0.3, 0.4) is 0 Å². The van der Waals surface area contributed by atoms with Crippen LogP contribution in [-0.4, -0.2) is 45.1 Å². The van der Waals surface area contributed by atoms with Crippen LogP contribution in [0.4, 0.5) is 5.69 Å². The van der Waals surface area contributed by atoms with Crippen LogP contribution in [0.25, 0.3) is 0 Å². The minimum absolute atomic E-state index is 0.0858. The molecule has 1 saturated heterocycles. The second-order valence-corrected chi connectivity index (χ2v) is 9.52. The second kappa shape index (κ2) is 9.41. The van der Waals surface area contributed by atoms with E-state index in [1.165, 1.54) is 5.56 Å². The fraction of sp³-hybridized carbons (Fsp3) is 0.409. The van der Waals surface area contributed by atoms with Crippen molar-refractivity contribution in [3.63, 3.8) is 0 Å². The molecule has 2 aromatic rings. The molecule has 0 bridgehead atoms. The molecular formula is C22H29N3O3S. The molecule has 1 aliphatic heterocycles. The Bertz CT molecular complexity index is 923. The van der Waals surface area contributed by atoms with E-state index in [0.717, 1.165) is 38.1 Å². The Balaban J connectivity index is 1.75. The van der Waals surface area contributed by atoms with Crippen molar-refractivity contribution in [2.45, 2.75) is 25.8 Å². The summed E-state index contributed by atoms with van der Waals surface area (Å²) in [7, 11) is -3.47. The number of anilines is 1. The molecule has 3 rings (SSSR count). The Hall–Kier alpha value is -2.38. The van der Waals surface area contributed by atoms with Crippen molar-refractivity contribution >= 4 is 21.6 Å². The topological polar surface area (TPSA) is 78.5 Å². The zero-order valence-corrected chi connectivity index (χ0v) is 17.8. The molecule has 0 saturated carbocycles. The van der Waals surface area contributed by atoms with Gasteiger partial charge in [0, 0.05) is 6.54 Å². The average molecular weight is 416 g/mol. The normalized spacial score (nSPS) is 16.9. The molecule has 6 nitrogen and oxygen atoms in total. The van der Waals surface area contributed by atoms with Gasteiger partial charge in [0.15, 0.2) is 0 Å². The molecule has 1 unspecified atom stereocenters. The first-order valence-electron chi connectivity index (χ1n) is 9.97. The molecule has 7 heteroatoms. The average Bonchev–Trinajstić information content (AvgIpc) is 2.69. The standard InChI is InChI=1S/C22H29N3O3S/c1-17-12-14-25(15-13-17)21(18-8-4-3-5-9-18)16-23-22(26)19-10-6-7-11-20(19)24-29(2,27)28/h3-11,17,21,24H,12-16H2,1-2H3,(H,23,26). The number of sulfonamides is 1. The second-order valence-electron chi connectivity index (χ2n) is 7.77. The Morgan fingerprint density at radius 1 is 1.07 bits per heavy atom. The summed E-state index contributed by atoms with van der Waals surface area (Å²) in [5, 5.41) is 3.02. The van der Waals surface area contributed by atoms with Crippen molar-refractivity contribution in [3.05, 3.63) is 65.7 Å². The van der Waals surface area contributed by atoms with Crippen molar-refractivity contribution < 1.29 is 13.2 Å². The van der Waals surface area contributed by atoms with Crippen molar-refractivity contribution in [3.8, 4) is 0 Å². The van der Waals surface area contributed by atoms with Gasteiger partial charge in [-0.3, -0.25) is 14.4 Å². The molecule has 1 fully saturated rings. The third-order valence-corrected chi connectivity index (χ3v) is 5.96. The molecule has 2 N–H and O–H groups in total. The Kier molecular flexibility index (Phi) is 6.92. The largest absolute Gasteiger partial charge is 0.350 e. The zero-order chi connectivity index (χ0) is 20.9. The maximum absolute atomic E-state index is 12.9. The van der Waals surface area contributed by atoms with E-state index in [1.54, 1.807) is 24.3 Å². The Morgan fingerprint density at radius 2 is 1.69 bits per heavy atom. The van der Waals surface area contributed by atoms with E-state index in [-0.39, 0.29) is 17.6 Å². The van der Waals surface area contributed by atoms with Gasteiger partial charge in [0.2, 0.25) is 10.0 Å². The van der Waals surface area contributed by atoms with Crippen LogP contribution in [0.2, 0.25) is 0 Å². The highest BCUT2D eigenvalue weighted by atomic mass is 32.2. The molecule has 0 aliphatic carbocycles. The number of nitrogens with one attached hydrogen (secondary N) is 2. The molecule has 1 heterocycles. The van der Waals surface area contributed by atoms with E-state index in [0.29, 0.717) is 12.1 Å². The lowest BCUT2D eigenvalue weighted by Crippen LogP contribution is -2.42. The summed E-state index contributed by atoms with van der Waals surface area (Å²) >= 11 is 0. The van der Waals surface area contributed by atoms with Crippen molar-refractivity contribution in [1.29, 1.82) is 0 Å². The molecule has 156 valence electrons. The van der Waals surface area contributed by atoms with E-state index in [2.05, 4.69) is 34.0 Å². The summed E-state index contributed by atoms with van der Waals surface area (Å²) in [6.07, 6.45) is 3.38. The van der Waals surface area contributed by atoms with Gasteiger partial charge < -0.3 is 5.32 Å². The molecule has 2 aromatic carbocycles. The highest BCUT2D eigenvalue weighted by molar-refractivity contribution is 7.92. The number of nitrogens with zero attached hydrogens (tertiary/aromatic N) is 1. The van der Waals surface area contributed by atoms with Gasteiger partial charge in [-0.2, -0.15) is 0 Å². The number of benzene rings is 2. The number of para-hydroxylation sites is 1. The molecule has 1 amide bonds. The van der Waals surface area contributed by atoms with Crippen LogP contribution in [0.15, 0.2) is 54.6 Å². The van der Waals surface area contributed by atoms with E-state index in [9.17, 15) is 13.2 Å². The predicted octanol–water partition coefficient (Wildman–Crippen LogP) is 3.26. The van der Waals surface area contributed by atoms with E-state index < -0.39 is 10.0 Å². The third-order valence-electron chi connectivity index (χ3n) is 5.37. The predicted molar refractivity (Wildman–Crippen MR) is 116 cm³/mol. The van der Waals surface area contributed by atoms with Crippen molar-refractivity contribution in [2.75, 3.05) is 30.6 Å². The first kappa shape index (κ1) is 21.3. The van der Waals surface area contributed by atoms with Crippen LogP contribution in [-0.2, 0) is 10.0 Å². The maximum atomic E-state index is 12.9. The van der Waals surface area contributed by atoms with Crippen LogP contribution < -0.4 is 10.0 Å². The minimum Gasteiger partial charge on any atom is -0.350 e. The van der Waals surface area contributed by atoms with Gasteiger partial charge in [0.1, 0.15) is 0 Å². The summed E-state index contributed by atoms with van der Waals surface area (Å²) in [6.45, 7) is 4.75. The lowest BCUT2D eigenvalue weighted by molar-refractivity contribution is 0.0914. The molecule has 0 spiro atoms. The quantitative estimate of drug-likeness (QED) is 0.728. The highest BCUT2D eigenvalue weighted by Gasteiger charge is 2.25. The number of piperidine rings is 1. The number of likely N-dealkylation sites (tertiary alicyclic amines) is 1. The van der Waals surface area contributed by atoms with Gasteiger partial charge in [-0.15, -0.1) is 0 Å². The van der Waals surface area contributed by atoms with Gasteiger partial charge in [-0.25, -0.2) is 8.42 Å². The number of hydrogen-bond donors (Lipinski definition) is 2. The van der Waals surface area contributed by atoms with Gasteiger partial charge in [0.25, 0.3) is 5.91 Å². The summed E-state index contributed by atoms with van der Waals surface area (Å²) in [6, 6.07) is 16.9. The molecule has 0 radical (unpaired) electrons. The van der Waals surface area contributed by atoms with E-state index in [4.69, 9.17) is 0 Å². The molecule has 1 aliphatic rings. The van der Waals surface area contributed by atoms with Crippen LogP contribution >= 0.6 is 0 Å². The summed E-state index contributed by atoms with van der Waals surface area (Å²) < 4.78 is 25.6. The molecule has 29 heavy (non-hydrogen) atoms.